The molecule has 0 spiro atoms. The Morgan fingerprint density at radius 1 is 1.41 bits per heavy atom. The molecule has 1 heterocycles. The summed E-state index contributed by atoms with van der Waals surface area (Å²) in [5.41, 5.74) is 1.23. The fourth-order valence-electron chi connectivity index (χ4n) is 1.49. The molecule has 0 aromatic carbocycles. The van der Waals surface area contributed by atoms with Gasteiger partial charge in [0.05, 0.1) is 0 Å². The van der Waals surface area contributed by atoms with Crippen LogP contribution < -0.4 is 10.6 Å². The van der Waals surface area contributed by atoms with Crippen LogP contribution in [-0.4, -0.2) is 28.0 Å². The summed E-state index contributed by atoms with van der Waals surface area (Å²) in [4.78, 5) is 20.3. The van der Waals surface area contributed by atoms with Gasteiger partial charge in [0.15, 0.2) is 0 Å². The highest BCUT2D eigenvalue weighted by Crippen LogP contribution is 2.19. The number of aryl methyl sites for hydroxylation is 1. The standard InChI is InChI=1S/C12H18N4O/c1-7(2)13-12-14-8(3)6-10(16-12)11(17)15-9-4-5-9/h6-7,9H,4-5H2,1-3H3,(H,15,17)(H,13,14,16). The molecule has 0 radical (unpaired) electrons. The van der Waals surface area contributed by atoms with Gasteiger partial charge in [-0.15, -0.1) is 0 Å². The van der Waals surface area contributed by atoms with Crippen molar-refractivity contribution in [3.8, 4) is 0 Å². The van der Waals surface area contributed by atoms with E-state index in [2.05, 4.69) is 20.6 Å². The topological polar surface area (TPSA) is 66.9 Å². The van der Waals surface area contributed by atoms with E-state index < -0.39 is 0 Å². The molecule has 5 nitrogen and oxygen atoms in total. The van der Waals surface area contributed by atoms with Crippen molar-refractivity contribution in [2.75, 3.05) is 5.32 Å². The van der Waals surface area contributed by atoms with E-state index in [-0.39, 0.29) is 11.9 Å². The molecule has 1 aromatic heterocycles. The number of anilines is 1. The second-order valence-corrected chi connectivity index (χ2v) is 4.76. The van der Waals surface area contributed by atoms with Gasteiger partial charge < -0.3 is 10.6 Å². The Morgan fingerprint density at radius 2 is 2.12 bits per heavy atom. The number of hydrogen-bond donors (Lipinski definition) is 2. The summed E-state index contributed by atoms with van der Waals surface area (Å²) in [7, 11) is 0. The number of nitrogens with one attached hydrogen (secondary N) is 2. The summed E-state index contributed by atoms with van der Waals surface area (Å²) >= 11 is 0. The van der Waals surface area contributed by atoms with Crippen LogP contribution in [0.3, 0.4) is 0 Å². The van der Waals surface area contributed by atoms with Gasteiger partial charge >= 0.3 is 0 Å². The zero-order chi connectivity index (χ0) is 12.4. The minimum atomic E-state index is -0.107. The lowest BCUT2D eigenvalue weighted by Crippen LogP contribution is -2.27. The number of hydrogen-bond acceptors (Lipinski definition) is 4. The first-order valence-electron chi connectivity index (χ1n) is 5.97. The third-order valence-corrected chi connectivity index (χ3v) is 2.42. The minimum absolute atomic E-state index is 0.107. The molecule has 2 rings (SSSR count). The average Bonchev–Trinajstić information content (AvgIpc) is 2.99. The van der Waals surface area contributed by atoms with Crippen LogP contribution in [-0.2, 0) is 0 Å². The first kappa shape index (κ1) is 11.8. The van der Waals surface area contributed by atoms with E-state index in [1.807, 2.05) is 20.8 Å². The van der Waals surface area contributed by atoms with Gasteiger partial charge in [-0.2, -0.15) is 0 Å². The highest BCUT2D eigenvalue weighted by molar-refractivity contribution is 5.93. The summed E-state index contributed by atoms with van der Waals surface area (Å²) in [6.45, 7) is 5.88. The highest BCUT2D eigenvalue weighted by Gasteiger charge is 2.24. The largest absolute Gasteiger partial charge is 0.352 e. The zero-order valence-corrected chi connectivity index (χ0v) is 10.4. The summed E-state index contributed by atoms with van der Waals surface area (Å²) < 4.78 is 0. The molecule has 1 amide bonds. The molecule has 1 aliphatic carbocycles. The van der Waals surface area contributed by atoms with Crippen molar-refractivity contribution in [3.63, 3.8) is 0 Å². The predicted molar refractivity (Wildman–Crippen MR) is 66.0 cm³/mol. The number of carbonyl (C=O) groups excluding carboxylic acids is 1. The van der Waals surface area contributed by atoms with E-state index in [0.29, 0.717) is 17.7 Å². The fraction of sp³-hybridized carbons (Fsp3) is 0.583. The van der Waals surface area contributed by atoms with Crippen molar-refractivity contribution in [2.45, 2.75) is 45.7 Å². The van der Waals surface area contributed by atoms with Crippen LogP contribution in [0.15, 0.2) is 6.07 Å². The third kappa shape index (κ3) is 3.41. The lowest BCUT2D eigenvalue weighted by molar-refractivity contribution is 0.0946. The zero-order valence-electron chi connectivity index (χ0n) is 10.4. The molecule has 17 heavy (non-hydrogen) atoms. The molecule has 0 aliphatic heterocycles. The second-order valence-electron chi connectivity index (χ2n) is 4.76. The van der Waals surface area contributed by atoms with E-state index >= 15 is 0 Å². The number of amides is 1. The van der Waals surface area contributed by atoms with Gasteiger partial charge in [0, 0.05) is 17.8 Å². The van der Waals surface area contributed by atoms with Crippen LogP contribution in [0.1, 0.15) is 42.9 Å². The van der Waals surface area contributed by atoms with E-state index in [9.17, 15) is 4.79 Å². The summed E-state index contributed by atoms with van der Waals surface area (Å²) in [6, 6.07) is 2.30. The lowest BCUT2D eigenvalue weighted by Gasteiger charge is -2.10. The maximum atomic E-state index is 11.9. The first-order valence-corrected chi connectivity index (χ1v) is 5.97. The molecule has 1 saturated carbocycles. The number of nitrogens with zero attached hydrogens (tertiary/aromatic N) is 2. The summed E-state index contributed by atoms with van der Waals surface area (Å²) in [5, 5.41) is 6.03. The summed E-state index contributed by atoms with van der Waals surface area (Å²) in [6.07, 6.45) is 2.15. The van der Waals surface area contributed by atoms with Crippen molar-refractivity contribution in [1.29, 1.82) is 0 Å². The minimum Gasteiger partial charge on any atom is -0.352 e. The fourth-order valence-corrected chi connectivity index (χ4v) is 1.49. The Labute approximate surface area is 101 Å². The van der Waals surface area contributed by atoms with Gasteiger partial charge in [-0.25, -0.2) is 9.97 Å². The normalized spacial score (nSPS) is 14.8. The Balaban J connectivity index is 2.14. The molecule has 0 bridgehead atoms. The van der Waals surface area contributed by atoms with Crippen molar-refractivity contribution >= 4 is 11.9 Å². The lowest BCUT2D eigenvalue weighted by atomic mass is 10.3. The van der Waals surface area contributed by atoms with Crippen LogP contribution in [0.2, 0.25) is 0 Å². The molecule has 5 heteroatoms. The van der Waals surface area contributed by atoms with Crippen molar-refractivity contribution in [1.82, 2.24) is 15.3 Å². The van der Waals surface area contributed by atoms with E-state index in [4.69, 9.17) is 0 Å². The predicted octanol–water partition coefficient (Wildman–Crippen LogP) is 1.50. The SMILES string of the molecule is Cc1cc(C(=O)NC2CC2)nc(NC(C)C)n1. The van der Waals surface area contributed by atoms with Gasteiger partial charge in [0.25, 0.3) is 5.91 Å². The van der Waals surface area contributed by atoms with Crippen LogP contribution in [0, 0.1) is 6.92 Å². The Kier molecular flexibility index (Phi) is 3.26. The number of rotatable bonds is 4. The first-order chi connectivity index (χ1) is 8.04. The van der Waals surface area contributed by atoms with Gasteiger partial charge in [0.1, 0.15) is 5.69 Å². The molecule has 1 fully saturated rings. The third-order valence-electron chi connectivity index (χ3n) is 2.42. The average molecular weight is 234 g/mol. The molecule has 1 aliphatic rings. The molecule has 0 atom stereocenters. The highest BCUT2D eigenvalue weighted by atomic mass is 16.2. The number of aromatic nitrogens is 2. The van der Waals surface area contributed by atoms with Crippen LogP contribution >= 0.6 is 0 Å². The second kappa shape index (κ2) is 4.69. The van der Waals surface area contributed by atoms with Gasteiger partial charge in [-0.05, 0) is 39.7 Å². The molecule has 92 valence electrons. The van der Waals surface area contributed by atoms with Crippen molar-refractivity contribution in [3.05, 3.63) is 17.5 Å². The van der Waals surface area contributed by atoms with Crippen LogP contribution in [0.4, 0.5) is 5.95 Å². The smallest absolute Gasteiger partial charge is 0.270 e. The van der Waals surface area contributed by atoms with E-state index in [1.165, 1.54) is 0 Å². The maximum Gasteiger partial charge on any atom is 0.270 e. The van der Waals surface area contributed by atoms with Gasteiger partial charge in [0.2, 0.25) is 5.95 Å². The quantitative estimate of drug-likeness (QED) is 0.828. The van der Waals surface area contributed by atoms with E-state index in [0.717, 1.165) is 18.5 Å². The van der Waals surface area contributed by atoms with Crippen molar-refractivity contribution in [2.24, 2.45) is 0 Å². The van der Waals surface area contributed by atoms with E-state index in [1.54, 1.807) is 6.07 Å². The summed E-state index contributed by atoms with van der Waals surface area (Å²) in [5.74, 6) is 0.408. The Morgan fingerprint density at radius 3 is 2.71 bits per heavy atom. The Hall–Kier alpha value is -1.65. The molecule has 0 saturated heterocycles. The maximum absolute atomic E-state index is 11.9. The molecular weight excluding hydrogens is 216 g/mol. The van der Waals surface area contributed by atoms with Crippen molar-refractivity contribution < 1.29 is 4.79 Å². The molecule has 0 unspecified atom stereocenters. The number of carbonyl (C=O) groups is 1. The Bertz CT molecular complexity index is 427. The monoisotopic (exact) mass is 234 g/mol. The molecular formula is C12H18N4O. The molecule has 2 N–H and O–H groups in total. The van der Waals surface area contributed by atoms with Crippen LogP contribution in [0.25, 0.3) is 0 Å². The van der Waals surface area contributed by atoms with Gasteiger partial charge in [-0.3, -0.25) is 4.79 Å². The molecule has 1 aromatic rings. The van der Waals surface area contributed by atoms with Crippen LogP contribution in [0.5, 0.6) is 0 Å². The van der Waals surface area contributed by atoms with Gasteiger partial charge in [-0.1, -0.05) is 0 Å².